The molecular formula is C6H12N4O. The maximum atomic E-state index is 8.61. The molecule has 1 aromatic heterocycles. The van der Waals surface area contributed by atoms with Crippen LogP contribution in [0.5, 0.6) is 0 Å². The van der Waals surface area contributed by atoms with E-state index in [1.165, 1.54) is 0 Å². The van der Waals surface area contributed by atoms with Gasteiger partial charge >= 0.3 is 0 Å². The number of nitrogens with two attached hydrogens (primary N) is 1. The van der Waals surface area contributed by atoms with E-state index in [0.29, 0.717) is 6.42 Å². The largest absolute Gasteiger partial charge is 0.396 e. The standard InChI is InChI=1S/C6H12N4O/c1-5(2-3-11)10-4-8-6(7)9-10/h4-5,11H,2-3H2,1H3,(H2,7,9). The van der Waals surface area contributed by atoms with Gasteiger partial charge in [0.1, 0.15) is 6.33 Å². The third-order valence-electron chi connectivity index (χ3n) is 1.52. The van der Waals surface area contributed by atoms with Gasteiger partial charge in [-0.3, -0.25) is 0 Å². The van der Waals surface area contributed by atoms with Crippen molar-refractivity contribution in [1.82, 2.24) is 14.8 Å². The third-order valence-corrected chi connectivity index (χ3v) is 1.52. The maximum Gasteiger partial charge on any atom is 0.239 e. The van der Waals surface area contributed by atoms with Crippen LogP contribution in [0.25, 0.3) is 0 Å². The minimum Gasteiger partial charge on any atom is -0.396 e. The smallest absolute Gasteiger partial charge is 0.239 e. The van der Waals surface area contributed by atoms with Crippen molar-refractivity contribution in [3.05, 3.63) is 6.33 Å². The predicted molar refractivity (Wildman–Crippen MR) is 40.8 cm³/mol. The number of rotatable bonds is 3. The molecule has 3 N–H and O–H groups in total. The van der Waals surface area contributed by atoms with Crippen molar-refractivity contribution in [2.24, 2.45) is 0 Å². The molecule has 0 aliphatic carbocycles. The summed E-state index contributed by atoms with van der Waals surface area (Å²) in [5, 5.41) is 12.5. The number of hydrogen-bond donors (Lipinski definition) is 2. The van der Waals surface area contributed by atoms with E-state index in [-0.39, 0.29) is 18.6 Å². The molecule has 5 heteroatoms. The van der Waals surface area contributed by atoms with Crippen LogP contribution in [0.3, 0.4) is 0 Å². The predicted octanol–water partition coefficient (Wildman–Crippen LogP) is -0.196. The van der Waals surface area contributed by atoms with Gasteiger partial charge in [-0.25, -0.2) is 9.67 Å². The second-order valence-electron chi connectivity index (χ2n) is 2.44. The Labute approximate surface area is 64.9 Å². The van der Waals surface area contributed by atoms with Gasteiger partial charge in [-0.15, -0.1) is 5.10 Å². The van der Waals surface area contributed by atoms with E-state index >= 15 is 0 Å². The molecule has 0 amide bonds. The molecule has 0 saturated heterocycles. The zero-order valence-electron chi connectivity index (χ0n) is 6.44. The average molecular weight is 156 g/mol. The molecule has 0 radical (unpaired) electrons. The Morgan fingerprint density at radius 3 is 3.00 bits per heavy atom. The van der Waals surface area contributed by atoms with Gasteiger partial charge in [0.2, 0.25) is 5.95 Å². The van der Waals surface area contributed by atoms with Crippen molar-refractivity contribution >= 4 is 5.95 Å². The van der Waals surface area contributed by atoms with E-state index in [4.69, 9.17) is 10.8 Å². The topological polar surface area (TPSA) is 77.0 Å². The van der Waals surface area contributed by atoms with Crippen LogP contribution in [-0.4, -0.2) is 26.5 Å². The molecular weight excluding hydrogens is 144 g/mol. The summed E-state index contributed by atoms with van der Waals surface area (Å²) in [5.41, 5.74) is 5.31. The van der Waals surface area contributed by atoms with E-state index in [9.17, 15) is 0 Å². The summed E-state index contributed by atoms with van der Waals surface area (Å²) in [6.07, 6.45) is 2.23. The van der Waals surface area contributed by atoms with Crippen LogP contribution in [0, 0.1) is 0 Å². The minimum absolute atomic E-state index is 0.154. The molecule has 0 aromatic carbocycles. The number of hydrogen-bond acceptors (Lipinski definition) is 4. The monoisotopic (exact) mass is 156 g/mol. The molecule has 5 nitrogen and oxygen atoms in total. The molecule has 0 aliphatic rings. The highest BCUT2D eigenvalue weighted by atomic mass is 16.3. The Morgan fingerprint density at radius 1 is 1.82 bits per heavy atom. The van der Waals surface area contributed by atoms with Gasteiger partial charge in [-0.1, -0.05) is 0 Å². The molecule has 1 aromatic rings. The lowest BCUT2D eigenvalue weighted by Crippen LogP contribution is -2.07. The van der Waals surface area contributed by atoms with Crippen LogP contribution in [0.2, 0.25) is 0 Å². The first-order valence-electron chi connectivity index (χ1n) is 3.51. The fourth-order valence-corrected chi connectivity index (χ4v) is 0.820. The van der Waals surface area contributed by atoms with Crippen LogP contribution in [0.1, 0.15) is 19.4 Å². The molecule has 0 saturated carbocycles. The molecule has 0 spiro atoms. The number of aliphatic hydroxyl groups excluding tert-OH is 1. The Morgan fingerprint density at radius 2 is 2.55 bits per heavy atom. The van der Waals surface area contributed by atoms with E-state index in [1.54, 1.807) is 11.0 Å². The first kappa shape index (κ1) is 8.00. The summed E-state index contributed by atoms with van der Waals surface area (Å²) < 4.78 is 1.64. The zero-order valence-corrected chi connectivity index (χ0v) is 6.44. The lowest BCUT2D eigenvalue weighted by atomic mass is 10.2. The fraction of sp³-hybridized carbons (Fsp3) is 0.667. The number of aliphatic hydroxyl groups is 1. The quantitative estimate of drug-likeness (QED) is 0.635. The van der Waals surface area contributed by atoms with Crippen LogP contribution in [0.4, 0.5) is 5.95 Å². The Balaban J connectivity index is 2.60. The highest BCUT2D eigenvalue weighted by Crippen LogP contribution is 2.07. The van der Waals surface area contributed by atoms with Crippen molar-refractivity contribution < 1.29 is 5.11 Å². The van der Waals surface area contributed by atoms with Gasteiger partial charge in [0.05, 0.1) is 6.04 Å². The average Bonchev–Trinajstić information content (AvgIpc) is 2.36. The van der Waals surface area contributed by atoms with Gasteiger partial charge in [0, 0.05) is 6.61 Å². The SMILES string of the molecule is CC(CCO)n1cnc(N)n1. The fourth-order valence-electron chi connectivity index (χ4n) is 0.820. The number of nitrogens with zero attached hydrogens (tertiary/aromatic N) is 3. The van der Waals surface area contributed by atoms with Crippen LogP contribution >= 0.6 is 0 Å². The lowest BCUT2D eigenvalue weighted by Gasteiger charge is -2.07. The summed E-state index contributed by atoms with van der Waals surface area (Å²) in [7, 11) is 0. The lowest BCUT2D eigenvalue weighted by molar-refractivity contribution is 0.257. The summed E-state index contributed by atoms with van der Waals surface area (Å²) in [6, 6.07) is 0.157. The molecule has 1 unspecified atom stereocenters. The first-order valence-corrected chi connectivity index (χ1v) is 3.51. The van der Waals surface area contributed by atoms with Gasteiger partial charge in [0.15, 0.2) is 0 Å². The molecule has 1 rings (SSSR count). The summed E-state index contributed by atoms with van der Waals surface area (Å²) in [5.74, 6) is 0.273. The van der Waals surface area contributed by atoms with Crippen molar-refractivity contribution in [1.29, 1.82) is 0 Å². The van der Waals surface area contributed by atoms with Crippen molar-refractivity contribution in [3.63, 3.8) is 0 Å². The second-order valence-corrected chi connectivity index (χ2v) is 2.44. The Bertz CT molecular complexity index is 222. The van der Waals surface area contributed by atoms with Crippen LogP contribution in [0.15, 0.2) is 6.33 Å². The van der Waals surface area contributed by atoms with Crippen molar-refractivity contribution in [3.8, 4) is 0 Å². The molecule has 1 atom stereocenters. The van der Waals surface area contributed by atoms with Crippen molar-refractivity contribution in [2.45, 2.75) is 19.4 Å². The van der Waals surface area contributed by atoms with E-state index in [2.05, 4.69) is 10.1 Å². The zero-order chi connectivity index (χ0) is 8.27. The van der Waals surface area contributed by atoms with Crippen molar-refractivity contribution in [2.75, 3.05) is 12.3 Å². The van der Waals surface area contributed by atoms with Crippen LogP contribution in [-0.2, 0) is 0 Å². The third kappa shape index (κ3) is 1.91. The number of nitrogen functional groups attached to an aromatic ring is 1. The van der Waals surface area contributed by atoms with Gasteiger partial charge < -0.3 is 10.8 Å². The normalized spacial score (nSPS) is 13.3. The minimum atomic E-state index is 0.154. The molecule has 0 bridgehead atoms. The Kier molecular flexibility index (Phi) is 2.43. The van der Waals surface area contributed by atoms with E-state index in [0.717, 1.165) is 0 Å². The molecule has 0 fully saturated rings. The van der Waals surface area contributed by atoms with Crippen LogP contribution < -0.4 is 5.73 Å². The van der Waals surface area contributed by atoms with E-state index in [1.807, 2.05) is 6.92 Å². The van der Waals surface area contributed by atoms with Gasteiger partial charge in [0.25, 0.3) is 0 Å². The summed E-state index contributed by atoms with van der Waals surface area (Å²) in [4.78, 5) is 3.77. The highest BCUT2D eigenvalue weighted by molar-refractivity contribution is 5.09. The number of aromatic nitrogens is 3. The maximum absolute atomic E-state index is 8.61. The second kappa shape index (κ2) is 3.34. The summed E-state index contributed by atoms with van der Waals surface area (Å²) in [6.45, 7) is 2.10. The molecule has 62 valence electrons. The molecule has 11 heavy (non-hydrogen) atoms. The highest BCUT2D eigenvalue weighted by Gasteiger charge is 2.04. The Hall–Kier alpha value is -1.10. The first-order chi connectivity index (χ1) is 5.24. The summed E-state index contributed by atoms with van der Waals surface area (Å²) >= 11 is 0. The number of anilines is 1. The van der Waals surface area contributed by atoms with Gasteiger partial charge in [-0.2, -0.15) is 0 Å². The molecule has 1 heterocycles. The molecule has 0 aliphatic heterocycles. The van der Waals surface area contributed by atoms with E-state index < -0.39 is 0 Å². The van der Waals surface area contributed by atoms with Gasteiger partial charge in [-0.05, 0) is 13.3 Å².